The average molecular weight is 278 g/mol. The highest BCUT2D eigenvalue weighted by Crippen LogP contribution is 2.28. The molecule has 1 aromatic heterocycles. The first-order valence-corrected chi connectivity index (χ1v) is 5.85. The fourth-order valence-electron chi connectivity index (χ4n) is 1.89. The van der Waals surface area contributed by atoms with Gasteiger partial charge in [-0.2, -0.15) is 0 Å². The zero-order valence-corrected chi connectivity index (χ0v) is 11.1. The summed E-state index contributed by atoms with van der Waals surface area (Å²) in [5.41, 5.74) is 3.65. The number of ether oxygens (including phenoxy) is 2. The van der Waals surface area contributed by atoms with E-state index >= 15 is 0 Å². The van der Waals surface area contributed by atoms with E-state index in [0.717, 1.165) is 0 Å². The van der Waals surface area contributed by atoms with Gasteiger partial charge in [-0.05, 0) is 17.7 Å². The third-order valence-electron chi connectivity index (χ3n) is 2.83. The van der Waals surface area contributed by atoms with Gasteiger partial charge in [-0.15, -0.1) is 0 Å². The van der Waals surface area contributed by atoms with Gasteiger partial charge in [-0.1, -0.05) is 6.07 Å². The number of aromatic nitrogens is 2. The fraction of sp³-hybridized carbons (Fsp3) is 0.231. The molecule has 0 aliphatic rings. The molecule has 0 amide bonds. The summed E-state index contributed by atoms with van der Waals surface area (Å²) in [6.07, 6.45) is 3.02. The van der Waals surface area contributed by atoms with Crippen molar-refractivity contribution in [1.29, 1.82) is 0 Å². The van der Waals surface area contributed by atoms with Crippen LogP contribution in [0.4, 0.5) is 4.39 Å². The second-order valence-electron chi connectivity index (χ2n) is 3.94. The zero-order chi connectivity index (χ0) is 14.5. The molecule has 6 nitrogen and oxygen atoms in total. The minimum Gasteiger partial charge on any atom is -0.494 e. The van der Waals surface area contributed by atoms with E-state index < -0.39 is 11.9 Å². The largest absolute Gasteiger partial charge is 0.494 e. The zero-order valence-electron chi connectivity index (χ0n) is 11.1. The van der Waals surface area contributed by atoms with Gasteiger partial charge in [0.1, 0.15) is 5.69 Å². The number of nitrogens with one attached hydrogen (secondary N) is 1. The van der Waals surface area contributed by atoms with E-state index in [1.807, 2.05) is 0 Å². The molecular formula is C13H15FN4O2. The first-order valence-electron chi connectivity index (χ1n) is 5.85. The number of methoxy groups -OCH3 is 2. The summed E-state index contributed by atoms with van der Waals surface area (Å²) in [6, 6.07) is 4.01. The van der Waals surface area contributed by atoms with E-state index in [1.54, 1.807) is 6.07 Å². The van der Waals surface area contributed by atoms with Crippen molar-refractivity contribution < 1.29 is 13.9 Å². The maximum absolute atomic E-state index is 13.8. The van der Waals surface area contributed by atoms with Crippen LogP contribution in [0.2, 0.25) is 0 Å². The van der Waals surface area contributed by atoms with Crippen LogP contribution in [0.25, 0.3) is 0 Å². The molecule has 1 unspecified atom stereocenters. The molecule has 7 heteroatoms. The van der Waals surface area contributed by atoms with Gasteiger partial charge in [-0.25, -0.2) is 14.8 Å². The van der Waals surface area contributed by atoms with Crippen LogP contribution in [-0.4, -0.2) is 24.2 Å². The van der Waals surface area contributed by atoms with Gasteiger partial charge in [0.2, 0.25) is 5.88 Å². The third kappa shape index (κ3) is 2.68. The summed E-state index contributed by atoms with van der Waals surface area (Å²) in [7, 11) is 2.89. The number of halogens is 1. The number of nitrogens with zero attached hydrogens (tertiary/aromatic N) is 2. The van der Waals surface area contributed by atoms with E-state index in [0.29, 0.717) is 17.1 Å². The van der Waals surface area contributed by atoms with Crippen molar-refractivity contribution in [3.8, 4) is 11.6 Å². The lowest BCUT2D eigenvalue weighted by Gasteiger charge is -2.18. The number of hydrogen-bond acceptors (Lipinski definition) is 6. The van der Waals surface area contributed by atoms with Crippen LogP contribution in [-0.2, 0) is 0 Å². The van der Waals surface area contributed by atoms with Gasteiger partial charge in [0, 0.05) is 12.4 Å². The summed E-state index contributed by atoms with van der Waals surface area (Å²) < 4.78 is 23.8. The molecule has 3 N–H and O–H groups in total. The summed E-state index contributed by atoms with van der Waals surface area (Å²) in [6.45, 7) is 0. The molecule has 0 fully saturated rings. The molecule has 2 aromatic rings. The lowest BCUT2D eigenvalue weighted by Crippen LogP contribution is -2.30. The molecular weight excluding hydrogens is 263 g/mol. The fourth-order valence-corrected chi connectivity index (χ4v) is 1.89. The van der Waals surface area contributed by atoms with Crippen LogP contribution in [0.5, 0.6) is 11.6 Å². The Hall–Kier alpha value is -2.25. The van der Waals surface area contributed by atoms with E-state index in [9.17, 15) is 4.39 Å². The topological polar surface area (TPSA) is 82.3 Å². The van der Waals surface area contributed by atoms with Gasteiger partial charge in [0.25, 0.3) is 0 Å². The molecule has 0 aliphatic heterocycles. The smallest absolute Gasteiger partial charge is 0.237 e. The van der Waals surface area contributed by atoms with Crippen molar-refractivity contribution in [2.45, 2.75) is 6.04 Å². The third-order valence-corrected chi connectivity index (χ3v) is 2.83. The Morgan fingerprint density at radius 3 is 2.55 bits per heavy atom. The Balaban J connectivity index is 2.44. The molecule has 1 aromatic carbocycles. The normalized spacial score (nSPS) is 12.0. The van der Waals surface area contributed by atoms with Gasteiger partial charge in [-0.3, -0.25) is 10.8 Å². The molecule has 0 saturated heterocycles. The number of rotatable bonds is 5. The second kappa shape index (κ2) is 6.27. The van der Waals surface area contributed by atoms with Crippen molar-refractivity contribution in [2.75, 3.05) is 14.2 Å². The Bertz CT molecular complexity index is 594. The Labute approximate surface area is 115 Å². The molecule has 1 atom stereocenters. The standard InChI is InChI=1S/C13H15FN4O2/c1-19-10-4-3-8(7-9(10)14)11(18-15)12-13(20-2)17-6-5-16-12/h3-7,11,18H,15H2,1-2H3. The highest BCUT2D eigenvalue weighted by Gasteiger charge is 2.20. The minimum atomic E-state index is -0.543. The predicted octanol–water partition coefficient (Wildman–Crippen LogP) is 1.19. The van der Waals surface area contributed by atoms with Gasteiger partial charge < -0.3 is 9.47 Å². The number of hydrazine groups is 1. The first-order chi connectivity index (χ1) is 9.71. The second-order valence-corrected chi connectivity index (χ2v) is 3.94. The van der Waals surface area contributed by atoms with Crippen LogP contribution in [0.1, 0.15) is 17.3 Å². The van der Waals surface area contributed by atoms with Crippen molar-refractivity contribution in [1.82, 2.24) is 15.4 Å². The lowest BCUT2D eigenvalue weighted by molar-refractivity contribution is 0.380. The summed E-state index contributed by atoms with van der Waals surface area (Å²) >= 11 is 0. The summed E-state index contributed by atoms with van der Waals surface area (Å²) in [4.78, 5) is 8.23. The van der Waals surface area contributed by atoms with Gasteiger partial charge >= 0.3 is 0 Å². The van der Waals surface area contributed by atoms with Crippen LogP contribution in [0.3, 0.4) is 0 Å². The Morgan fingerprint density at radius 1 is 1.20 bits per heavy atom. The van der Waals surface area contributed by atoms with Crippen LogP contribution in [0.15, 0.2) is 30.6 Å². The van der Waals surface area contributed by atoms with E-state index in [-0.39, 0.29) is 5.75 Å². The minimum absolute atomic E-state index is 0.163. The molecule has 0 aliphatic carbocycles. The van der Waals surface area contributed by atoms with E-state index in [4.69, 9.17) is 15.3 Å². The van der Waals surface area contributed by atoms with Gasteiger partial charge in [0.15, 0.2) is 11.6 Å². The van der Waals surface area contributed by atoms with Crippen LogP contribution >= 0.6 is 0 Å². The number of nitrogens with two attached hydrogens (primary N) is 1. The van der Waals surface area contributed by atoms with Crippen molar-refractivity contribution in [3.05, 3.63) is 47.7 Å². The van der Waals surface area contributed by atoms with Crippen molar-refractivity contribution in [3.63, 3.8) is 0 Å². The number of hydrogen-bond donors (Lipinski definition) is 2. The van der Waals surface area contributed by atoms with Crippen molar-refractivity contribution >= 4 is 0 Å². The summed E-state index contributed by atoms with van der Waals surface area (Å²) in [5.74, 6) is 5.56. The summed E-state index contributed by atoms with van der Waals surface area (Å²) in [5, 5.41) is 0. The van der Waals surface area contributed by atoms with Crippen molar-refractivity contribution in [2.24, 2.45) is 5.84 Å². The molecule has 0 saturated carbocycles. The number of benzene rings is 1. The molecule has 20 heavy (non-hydrogen) atoms. The molecule has 0 radical (unpaired) electrons. The molecule has 1 heterocycles. The quantitative estimate of drug-likeness (QED) is 0.631. The Kier molecular flexibility index (Phi) is 4.44. The van der Waals surface area contributed by atoms with Crippen LogP contribution in [0, 0.1) is 5.82 Å². The van der Waals surface area contributed by atoms with Gasteiger partial charge in [0.05, 0.1) is 20.3 Å². The highest BCUT2D eigenvalue weighted by molar-refractivity contribution is 5.36. The highest BCUT2D eigenvalue weighted by atomic mass is 19.1. The maximum Gasteiger partial charge on any atom is 0.237 e. The average Bonchev–Trinajstić information content (AvgIpc) is 2.49. The molecule has 106 valence electrons. The molecule has 0 spiro atoms. The Morgan fingerprint density at radius 2 is 1.95 bits per heavy atom. The predicted molar refractivity (Wildman–Crippen MR) is 70.7 cm³/mol. The monoisotopic (exact) mass is 278 g/mol. The maximum atomic E-state index is 13.8. The van der Waals surface area contributed by atoms with E-state index in [1.165, 1.54) is 38.7 Å². The lowest BCUT2D eigenvalue weighted by atomic mass is 10.0. The molecule has 0 bridgehead atoms. The SMILES string of the molecule is COc1ccc(C(NN)c2nccnc2OC)cc1F. The molecule has 2 rings (SSSR count). The van der Waals surface area contributed by atoms with Crippen LogP contribution < -0.4 is 20.7 Å². The first kappa shape index (κ1) is 14.2. The van der Waals surface area contributed by atoms with E-state index in [2.05, 4.69) is 15.4 Å².